The van der Waals surface area contributed by atoms with Crippen LogP contribution in [0.25, 0.3) is 0 Å². The van der Waals surface area contributed by atoms with Gasteiger partial charge in [-0.3, -0.25) is 14.5 Å². The van der Waals surface area contributed by atoms with Gasteiger partial charge in [0.1, 0.15) is 6.04 Å². The van der Waals surface area contributed by atoms with Crippen molar-refractivity contribution in [3.63, 3.8) is 0 Å². The second-order valence-corrected chi connectivity index (χ2v) is 5.18. The molecule has 2 rings (SSSR count). The number of hydrogen-bond acceptors (Lipinski definition) is 4. The molecule has 0 radical (unpaired) electrons. The lowest BCUT2D eigenvalue weighted by Gasteiger charge is -2.21. The zero-order chi connectivity index (χ0) is 14.5. The molecule has 2 aliphatic rings. The van der Waals surface area contributed by atoms with E-state index in [-0.39, 0.29) is 24.3 Å². The van der Waals surface area contributed by atoms with Gasteiger partial charge in [-0.1, -0.05) is 6.92 Å². The van der Waals surface area contributed by atoms with Crippen LogP contribution in [0.4, 0.5) is 4.79 Å². The number of carbonyl (C=O) groups is 3. The molecule has 0 aromatic rings. The predicted molar refractivity (Wildman–Crippen MR) is 73.0 cm³/mol. The van der Waals surface area contributed by atoms with Crippen molar-refractivity contribution in [2.75, 3.05) is 32.7 Å². The Morgan fingerprint density at radius 1 is 1.30 bits per heavy atom. The van der Waals surface area contributed by atoms with E-state index in [1.54, 1.807) is 4.90 Å². The third-order valence-corrected chi connectivity index (χ3v) is 3.63. The quantitative estimate of drug-likeness (QED) is 0.683. The molecule has 2 N–H and O–H groups in total. The van der Waals surface area contributed by atoms with E-state index in [9.17, 15) is 14.4 Å². The van der Waals surface area contributed by atoms with Gasteiger partial charge >= 0.3 is 6.03 Å². The minimum absolute atomic E-state index is 0.0603. The Balaban J connectivity index is 1.91. The van der Waals surface area contributed by atoms with E-state index in [0.29, 0.717) is 19.6 Å². The highest BCUT2D eigenvalue weighted by atomic mass is 16.2. The minimum atomic E-state index is -0.697. The van der Waals surface area contributed by atoms with Crippen molar-refractivity contribution in [1.29, 1.82) is 0 Å². The summed E-state index contributed by atoms with van der Waals surface area (Å²) in [4.78, 5) is 38.9. The van der Waals surface area contributed by atoms with Crippen LogP contribution in [-0.4, -0.2) is 66.4 Å². The molecule has 1 atom stereocenters. The fraction of sp³-hybridized carbons (Fsp3) is 0.769. The van der Waals surface area contributed by atoms with Crippen molar-refractivity contribution < 1.29 is 14.4 Å². The van der Waals surface area contributed by atoms with Gasteiger partial charge in [0, 0.05) is 26.2 Å². The van der Waals surface area contributed by atoms with Crippen molar-refractivity contribution in [1.82, 2.24) is 20.4 Å². The highest BCUT2D eigenvalue weighted by Crippen LogP contribution is 2.12. The van der Waals surface area contributed by atoms with Gasteiger partial charge in [-0.2, -0.15) is 0 Å². The first-order valence-electron chi connectivity index (χ1n) is 7.24. The van der Waals surface area contributed by atoms with Crippen molar-refractivity contribution in [3.8, 4) is 0 Å². The number of nitrogens with one attached hydrogen (secondary N) is 2. The molecule has 20 heavy (non-hydrogen) atoms. The predicted octanol–water partition coefficient (Wildman–Crippen LogP) is -0.471. The summed E-state index contributed by atoms with van der Waals surface area (Å²) in [5, 5.41) is 5.83. The van der Waals surface area contributed by atoms with Gasteiger partial charge in [0.05, 0.1) is 6.42 Å². The van der Waals surface area contributed by atoms with Crippen LogP contribution < -0.4 is 10.6 Å². The topological polar surface area (TPSA) is 81.8 Å². The summed E-state index contributed by atoms with van der Waals surface area (Å²) in [6.07, 6.45) is 1.70. The van der Waals surface area contributed by atoms with Gasteiger partial charge in [-0.15, -0.1) is 0 Å². The summed E-state index contributed by atoms with van der Waals surface area (Å²) >= 11 is 0. The third kappa shape index (κ3) is 3.27. The minimum Gasteiger partial charge on any atom is -0.341 e. The maximum absolute atomic E-state index is 12.2. The normalized spacial score (nSPS) is 23.8. The number of amides is 4. The monoisotopic (exact) mass is 282 g/mol. The average molecular weight is 282 g/mol. The van der Waals surface area contributed by atoms with Crippen LogP contribution in [0.1, 0.15) is 26.2 Å². The summed E-state index contributed by atoms with van der Waals surface area (Å²) < 4.78 is 0. The molecule has 0 saturated carbocycles. The molecule has 7 heteroatoms. The number of nitrogens with zero attached hydrogens (tertiary/aromatic N) is 2. The Morgan fingerprint density at radius 3 is 2.85 bits per heavy atom. The first-order valence-corrected chi connectivity index (χ1v) is 7.24. The Hall–Kier alpha value is -1.63. The van der Waals surface area contributed by atoms with E-state index < -0.39 is 6.04 Å². The molecule has 0 bridgehead atoms. The number of carbonyl (C=O) groups excluding carboxylic acids is 3. The maximum atomic E-state index is 12.2. The Labute approximate surface area is 118 Å². The second kappa shape index (κ2) is 6.69. The Bertz CT molecular complexity index is 391. The van der Waals surface area contributed by atoms with Gasteiger partial charge in [0.25, 0.3) is 5.91 Å². The lowest BCUT2D eigenvalue weighted by atomic mass is 10.2. The van der Waals surface area contributed by atoms with Crippen LogP contribution in [0.5, 0.6) is 0 Å². The molecule has 0 spiro atoms. The van der Waals surface area contributed by atoms with Crippen LogP contribution in [0.3, 0.4) is 0 Å². The van der Waals surface area contributed by atoms with Crippen LogP contribution in [0.2, 0.25) is 0 Å². The van der Waals surface area contributed by atoms with Crippen LogP contribution in [0, 0.1) is 0 Å². The van der Waals surface area contributed by atoms with Crippen molar-refractivity contribution >= 4 is 17.8 Å². The van der Waals surface area contributed by atoms with Crippen molar-refractivity contribution in [2.45, 2.75) is 32.2 Å². The number of rotatable bonds is 4. The largest absolute Gasteiger partial charge is 0.341 e. The van der Waals surface area contributed by atoms with Gasteiger partial charge in [0.2, 0.25) is 5.91 Å². The standard InChI is InChI=1S/C13H22N4O3/c1-2-6-17-12(19)10(15-13(17)20)9-11(18)16-7-3-4-14-5-8-16/h10,14H,2-9H2,1H3,(H,15,20). The van der Waals surface area contributed by atoms with E-state index in [4.69, 9.17) is 0 Å². The second-order valence-electron chi connectivity index (χ2n) is 5.18. The molecule has 1 unspecified atom stereocenters. The fourth-order valence-corrected chi connectivity index (χ4v) is 2.55. The molecule has 112 valence electrons. The highest BCUT2D eigenvalue weighted by Gasteiger charge is 2.39. The van der Waals surface area contributed by atoms with E-state index in [1.807, 2.05) is 6.92 Å². The van der Waals surface area contributed by atoms with Crippen LogP contribution in [-0.2, 0) is 9.59 Å². The van der Waals surface area contributed by atoms with E-state index in [1.165, 1.54) is 4.90 Å². The fourth-order valence-electron chi connectivity index (χ4n) is 2.55. The smallest absolute Gasteiger partial charge is 0.324 e. The summed E-state index contributed by atoms with van der Waals surface area (Å²) in [5.41, 5.74) is 0. The Morgan fingerprint density at radius 2 is 2.10 bits per heavy atom. The molecule has 0 aromatic heterocycles. The molecule has 2 fully saturated rings. The van der Waals surface area contributed by atoms with E-state index in [0.717, 1.165) is 25.9 Å². The molecule has 0 aliphatic carbocycles. The summed E-state index contributed by atoms with van der Waals surface area (Å²) in [5.74, 6) is -0.344. The highest BCUT2D eigenvalue weighted by molar-refractivity contribution is 6.05. The third-order valence-electron chi connectivity index (χ3n) is 3.63. The van der Waals surface area contributed by atoms with Crippen molar-refractivity contribution in [3.05, 3.63) is 0 Å². The number of imide groups is 1. The zero-order valence-corrected chi connectivity index (χ0v) is 11.9. The molecule has 7 nitrogen and oxygen atoms in total. The maximum Gasteiger partial charge on any atom is 0.324 e. The van der Waals surface area contributed by atoms with Gasteiger partial charge in [0.15, 0.2) is 0 Å². The molecule has 2 heterocycles. The van der Waals surface area contributed by atoms with E-state index in [2.05, 4.69) is 10.6 Å². The summed E-state index contributed by atoms with van der Waals surface area (Å²) in [7, 11) is 0. The summed E-state index contributed by atoms with van der Waals surface area (Å²) in [6, 6.07) is -1.08. The van der Waals surface area contributed by atoms with Crippen LogP contribution >= 0.6 is 0 Å². The molecule has 2 saturated heterocycles. The number of hydrogen-bond donors (Lipinski definition) is 2. The lowest BCUT2D eigenvalue weighted by molar-refractivity contribution is -0.135. The first kappa shape index (κ1) is 14.8. The number of urea groups is 1. The summed E-state index contributed by atoms with van der Waals surface area (Å²) in [6.45, 7) is 5.36. The molecule has 2 aliphatic heterocycles. The zero-order valence-electron chi connectivity index (χ0n) is 11.9. The average Bonchev–Trinajstić information content (AvgIpc) is 2.67. The molecular formula is C13H22N4O3. The first-order chi connectivity index (χ1) is 9.63. The lowest BCUT2D eigenvalue weighted by Crippen LogP contribution is -2.40. The Kier molecular flexibility index (Phi) is 4.94. The van der Waals surface area contributed by atoms with Crippen molar-refractivity contribution in [2.24, 2.45) is 0 Å². The molecular weight excluding hydrogens is 260 g/mol. The SMILES string of the molecule is CCCN1C(=O)NC(CC(=O)N2CCCNCC2)C1=O. The van der Waals surface area contributed by atoms with Gasteiger partial charge in [-0.25, -0.2) is 4.79 Å². The van der Waals surface area contributed by atoms with Gasteiger partial charge < -0.3 is 15.5 Å². The van der Waals surface area contributed by atoms with E-state index >= 15 is 0 Å². The van der Waals surface area contributed by atoms with Crippen LogP contribution in [0.15, 0.2) is 0 Å². The van der Waals surface area contributed by atoms with Gasteiger partial charge in [-0.05, 0) is 19.4 Å². The molecule has 0 aromatic carbocycles. The molecule has 4 amide bonds.